The van der Waals surface area contributed by atoms with Gasteiger partial charge < -0.3 is 10.2 Å². The number of nitrogens with one attached hydrogen (secondary N) is 1. The second kappa shape index (κ2) is 7.22. The van der Waals surface area contributed by atoms with Crippen molar-refractivity contribution >= 4 is 28.7 Å². The molecule has 1 aliphatic rings. The third-order valence-electron chi connectivity index (χ3n) is 5.25. The highest BCUT2D eigenvalue weighted by atomic mass is 19.1. The van der Waals surface area contributed by atoms with Crippen LogP contribution in [-0.4, -0.2) is 32.3 Å². The average Bonchev–Trinajstić information content (AvgIpc) is 3.17. The first-order valence-electron chi connectivity index (χ1n) is 9.81. The molecule has 150 valence electrons. The number of amides is 1. The van der Waals surface area contributed by atoms with E-state index in [1.807, 2.05) is 30.0 Å². The molecule has 0 atom stereocenters. The Morgan fingerprint density at radius 3 is 2.77 bits per heavy atom. The molecule has 7 nitrogen and oxygen atoms in total. The Balaban J connectivity index is 1.49. The standard InChI is InChI=1S/C22H19FN6O/c1-2-28-18-9-8-15(13-14(18)7-12-21(28)30)24-19-10-11-20-25-26-22(29(20)27-19)16-5-3-4-6-17(16)23/h3-6,8-11,13H,2,7,12H2,1H3,(H,24,27). The van der Waals surface area contributed by atoms with Gasteiger partial charge in [-0.3, -0.25) is 4.79 Å². The molecule has 2 aromatic heterocycles. The highest BCUT2D eigenvalue weighted by Crippen LogP contribution is 2.31. The molecule has 8 heteroatoms. The molecule has 1 amide bonds. The van der Waals surface area contributed by atoms with Crippen LogP contribution < -0.4 is 10.2 Å². The van der Waals surface area contributed by atoms with E-state index in [0.717, 1.165) is 23.4 Å². The molecule has 1 aliphatic heterocycles. The lowest BCUT2D eigenvalue weighted by Gasteiger charge is -2.28. The molecule has 0 saturated heterocycles. The number of rotatable bonds is 4. The summed E-state index contributed by atoms with van der Waals surface area (Å²) >= 11 is 0. The first-order valence-corrected chi connectivity index (χ1v) is 9.81. The van der Waals surface area contributed by atoms with Gasteiger partial charge >= 0.3 is 0 Å². The fourth-order valence-electron chi connectivity index (χ4n) is 3.80. The average molecular weight is 402 g/mol. The van der Waals surface area contributed by atoms with Crippen LogP contribution in [0.15, 0.2) is 54.6 Å². The van der Waals surface area contributed by atoms with Crippen molar-refractivity contribution in [2.45, 2.75) is 19.8 Å². The summed E-state index contributed by atoms with van der Waals surface area (Å²) < 4.78 is 15.7. The normalized spacial score (nSPS) is 13.5. The third kappa shape index (κ3) is 3.06. The number of carbonyl (C=O) groups excluding carboxylic acids is 1. The minimum Gasteiger partial charge on any atom is -0.339 e. The molecular weight excluding hydrogens is 383 g/mol. The lowest BCUT2D eigenvalue weighted by Crippen LogP contribution is -2.34. The van der Waals surface area contributed by atoms with Crippen LogP contribution in [0, 0.1) is 5.82 Å². The summed E-state index contributed by atoms with van der Waals surface area (Å²) in [5, 5.41) is 16.0. The van der Waals surface area contributed by atoms with Crippen molar-refractivity contribution in [2.75, 3.05) is 16.8 Å². The number of aromatic nitrogens is 4. The first-order chi connectivity index (χ1) is 14.6. The van der Waals surface area contributed by atoms with Gasteiger partial charge in [0.2, 0.25) is 5.91 Å². The van der Waals surface area contributed by atoms with Crippen molar-refractivity contribution < 1.29 is 9.18 Å². The van der Waals surface area contributed by atoms with Gasteiger partial charge in [-0.15, -0.1) is 15.3 Å². The molecule has 5 rings (SSSR count). The van der Waals surface area contributed by atoms with E-state index in [-0.39, 0.29) is 11.7 Å². The first kappa shape index (κ1) is 18.2. The summed E-state index contributed by atoms with van der Waals surface area (Å²) in [4.78, 5) is 13.9. The van der Waals surface area contributed by atoms with Crippen LogP contribution in [0.1, 0.15) is 18.9 Å². The van der Waals surface area contributed by atoms with Crippen LogP contribution in [-0.2, 0) is 11.2 Å². The Bertz CT molecular complexity index is 1270. The number of fused-ring (bicyclic) bond motifs is 2. The largest absolute Gasteiger partial charge is 0.339 e. The predicted octanol–water partition coefficient (Wildman–Crippen LogP) is 3.97. The summed E-state index contributed by atoms with van der Waals surface area (Å²) in [6.45, 7) is 2.63. The zero-order valence-corrected chi connectivity index (χ0v) is 16.3. The molecule has 0 spiro atoms. The van der Waals surface area contributed by atoms with Crippen molar-refractivity contribution in [3.63, 3.8) is 0 Å². The van der Waals surface area contributed by atoms with E-state index in [1.165, 1.54) is 10.6 Å². The van der Waals surface area contributed by atoms with Gasteiger partial charge in [0.05, 0.1) is 5.56 Å². The lowest BCUT2D eigenvalue weighted by molar-refractivity contribution is -0.118. The van der Waals surface area contributed by atoms with E-state index >= 15 is 0 Å². The topological polar surface area (TPSA) is 75.4 Å². The van der Waals surface area contributed by atoms with E-state index in [4.69, 9.17) is 0 Å². The molecule has 30 heavy (non-hydrogen) atoms. The zero-order chi connectivity index (χ0) is 20.7. The van der Waals surface area contributed by atoms with E-state index < -0.39 is 0 Å². The van der Waals surface area contributed by atoms with E-state index in [2.05, 4.69) is 20.6 Å². The monoisotopic (exact) mass is 402 g/mol. The van der Waals surface area contributed by atoms with Crippen molar-refractivity contribution in [3.8, 4) is 11.4 Å². The van der Waals surface area contributed by atoms with Crippen LogP contribution in [0.5, 0.6) is 0 Å². The number of anilines is 3. The highest BCUT2D eigenvalue weighted by molar-refractivity contribution is 5.96. The van der Waals surface area contributed by atoms with E-state index in [1.54, 1.807) is 30.3 Å². The summed E-state index contributed by atoms with van der Waals surface area (Å²) in [5.74, 6) is 0.705. The smallest absolute Gasteiger partial charge is 0.227 e. The van der Waals surface area contributed by atoms with E-state index in [9.17, 15) is 9.18 Å². The van der Waals surface area contributed by atoms with Crippen LogP contribution in [0.25, 0.3) is 17.0 Å². The molecule has 2 aromatic carbocycles. The maximum absolute atomic E-state index is 14.2. The number of aryl methyl sites for hydroxylation is 1. The van der Waals surface area contributed by atoms with Gasteiger partial charge in [0.25, 0.3) is 0 Å². The highest BCUT2D eigenvalue weighted by Gasteiger charge is 2.23. The maximum Gasteiger partial charge on any atom is 0.227 e. The van der Waals surface area contributed by atoms with Crippen molar-refractivity contribution in [3.05, 3.63) is 66.0 Å². The Labute approximate surface area is 172 Å². The van der Waals surface area contributed by atoms with Crippen molar-refractivity contribution in [2.24, 2.45) is 0 Å². The molecule has 3 heterocycles. The Morgan fingerprint density at radius 2 is 1.93 bits per heavy atom. The number of carbonyl (C=O) groups is 1. The van der Waals surface area contributed by atoms with Gasteiger partial charge in [-0.25, -0.2) is 4.39 Å². The summed E-state index contributed by atoms with van der Waals surface area (Å²) in [5.41, 5.74) is 3.82. The molecule has 0 fully saturated rings. The fraction of sp³-hybridized carbons (Fsp3) is 0.182. The summed E-state index contributed by atoms with van der Waals surface area (Å²) in [6.07, 6.45) is 1.23. The minimum absolute atomic E-state index is 0.158. The van der Waals surface area contributed by atoms with Gasteiger partial charge in [0, 0.05) is 24.3 Å². The van der Waals surface area contributed by atoms with Crippen LogP contribution in [0.4, 0.5) is 21.6 Å². The molecule has 0 radical (unpaired) electrons. The zero-order valence-electron chi connectivity index (χ0n) is 16.3. The van der Waals surface area contributed by atoms with Gasteiger partial charge in [-0.2, -0.15) is 4.52 Å². The molecule has 4 aromatic rings. The van der Waals surface area contributed by atoms with Gasteiger partial charge in [0.1, 0.15) is 5.82 Å². The van der Waals surface area contributed by atoms with Gasteiger partial charge in [-0.1, -0.05) is 12.1 Å². The molecule has 0 bridgehead atoms. The fourth-order valence-corrected chi connectivity index (χ4v) is 3.80. The number of benzene rings is 2. The Morgan fingerprint density at radius 1 is 1.07 bits per heavy atom. The molecule has 0 unspecified atom stereocenters. The molecule has 0 saturated carbocycles. The molecule has 1 N–H and O–H groups in total. The minimum atomic E-state index is -0.378. The van der Waals surface area contributed by atoms with Crippen LogP contribution in [0.3, 0.4) is 0 Å². The van der Waals surface area contributed by atoms with E-state index in [0.29, 0.717) is 35.8 Å². The summed E-state index contributed by atoms with van der Waals surface area (Å²) in [6, 6.07) is 15.9. The quantitative estimate of drug-likeness (QED) is 0.559. The second-order valence-corrected chi connectivity index (χ2v) is 7.10. The van der Waals surface area contributed by atoms with Crippen LogP contribution >= 0.6 is 0 Å². The second-order valence-electron chi connectivity index (χ2n) is 7.10. The summed E-state index contributed by atoms with van der Waals surface area (Å²) in [7, 11) is 0. The number of hydrogen-bond donors (Lipinski definition) is 1. The Kier molecular flexibility index (Phi) is 4.39. The number of nitrogens with zero attached hydrogens (tertiary/aromatic N) is 5. The van der Waals surface area contributed by atoms with Crippen molar-refractivity contribution in [1.29, 1.82) is 0 Å². The molecular formula is C22H19FN6O. The van der Waals surface area contributed by atoms with Crippen molar-refractivity contribution in [1.82, 2.24) is 19.8 Å². The lowest BCUT2D eigenvalue weighted by atomic mass is 10.0. The van der Waals surface area contributed by atoms with Crippen LogP contribution in [0.2, 0.25) is 0 Å². The Hall–Kier alpha value is -3.81. The number of hydrogen-bond acceptors (Lipinski definition) is 5. The molecule has 0 aliphatic carbocycles. The SMILES string of the molecule is CCN1C(=O)CCc2cc(Nc3ccc4nnc(-c5ccccc5F)n4n3)ccc21. The predicted molar refractivity (Wildman–Crippen MR) is 112 cm³/mol. The maximum atomic E-state index is 14.2. The third-order valence-corrected chi connectivity index (χ3v) is 5.25. The number of halogens is 1. The van der Waals surface area contributed by atoms with Gasteiger partial charge in [-0.05, 0) is 61.4 Å². The van der Waals surface area contributed by atoms with Gasteiger partial charge in [0.15, 0.2) is 17.3 Å².